The maximum atomic E-state index is 14.6. The van der Waals surface area contributed by atoms with Gasteiger partial charge in [-0.15, -0.1) is 0 Å². The number of nitrogens with zero attached hydrogens (tertiary/aromatic N) is 2. The van der Waals surface area contributed by atoms with Crippen LogP contribution in [-0.4, -0.2) is 231 Å². The molecule has 38 nitrogen and oxygen atoms in total. The maximum Gasteiger partial charge on any atom is 0.490 e. The van der Waals surface area contributed by atoms with Gasteiger partial charge < -0.3 is 114 Å². The molecule has 2 aromatic rings. The highest BCUT2D eigenvalue weighted by molar-refractivity contribution is 7.80. The Morgan fingerprint density at radius 3 is 1.43 bits per heavy atom. The highest BCUT2D eigenvalue weighted by Gasteiger charge is 2.42. The van der Waals surface area contributed by atoms with Crippen LogP contribution in [0.4, 0.5) is 13.2 Å². The van der Waals surface area contributed by atoms with E-state index in [1.807, 2.05) is 0 Å². The third kappa shape index (κ3) is 36.8. The molecule has 1 aliphatic rings. The number of nitrogens with one attached hydrogen (secondary N) is 10. The molecule has 2 aromatic carbocycles. The second-order valence-corrected chi connectivity index (χ2v) is 27.8. The molecule has 0 spiro atoms. The van der Waals surface area contributed by atoms with E-state index in [0.29, 0.717) is 30.4 Å². The number of benzene rings is 2. The van der Waals surface area contributed by atoms with Gasteiger partial charge in [0.25, 0.3) is 0 Å². The van der Waals surface area contributed by atoms with Crippen LogP contribution in [0.2, 0.25) is 0 Å². The van der Waals surface area contributed by atoms with Crippen LogP contribution in [0.15, 0.2) is 65.7 Å². The number of carbonyl (C=O) groups is 16. The SMILES string of the molecule is CC(C)C[C@H](NC(=O)[C@@H](NC(=O)[C@H](Cc1ccccc1)NC(=O)[C@H](CC(N)=O)NC(=O)[C@H](CCC(N)=O)NC(=O)[C@H](CC(C)C)NC(=O)[C@@H]1CCCN1C(=O)[C@H](CCCCN)NC(=O)[C@@H](N)CCC(=O)O)[C@@H](C)O)C(=O)N[C@@H](CS)C(=O)N[C@@H](Cc1ccccc1)C(=O)N[C@@H](CCCN=C(N)N)C(N)=O.O=C(O)C(F)(F)F. The fourth-order valence-electron chi connectivity index (χ4n) is 11.2. The number of carboxylic acids is 2. The topological polar surface area (TPSA) is 652 Å². The van der Waals surface area contributed by atoms with E-state index in [1.165, 1.54) is 4.90 Å². The van der Waals surface area contributed by atoms with Crippen molar-refractivity contribution in [3.8, 4) is 0 Å². The van der Waals surface area contributed by atoms with Gasteiger partial charge in [0, 0.05) is 44.5 Å². The first-order valence-corrected chi connectivity index (χ1v) is 36.7. The number of rotatable bonds is 48. The Labute approximate surface area is 650 Å². The number of aliphatic imine (C=N–C) groups is 1. The minimum absolute atomic E-state index is 0.0381. The van der Waals surface area contributed by atoms with Crippen LogP contribution < -0.4 is 93.3 Å². The fourth-order valence-corrected chi connectivity index (χ4v) is 11.5. The highest BCUT2D eigenvalue weighted by atomic mass is 32.1. The van der Waals surface area contributed by atoms with E-state index in [1.54, 1.807) is 88.4 Å². The van der Waals surface area contributed by atoms with Gasteiger partial charge in [-0.2, -0.15) is 25.8 Å². The van der Waals surface area contributed by atoms with E-state index in [9.17, 15) is 90.2 Å². The Hall–Kier alpha value is -10.8. The number of thiol groups is 1. The van der Waals surface area contributed by atoms with E-state index < -0.39 is 205 Å². The number of guanidine groups is 1. The van der Waals surface area contributed by atoms with E-state index in [-0.39, 0.29) is 101 Å². The van der Waals surface area contributed by atoms with Gasteiger partial charge in [0.15, 0.2) is 5.96 Å². The summed E-state index contributed by atoms with van der Waals surface area (Å²) in [6.45, 7) is 8.50. The number of likely N-dealkylation sites (tertiary alicyclic amines) is 1. The number of carboxylic acid groups (broad SMARTS) is 2. The number of halogens is 3. The highest BCUT2D eigenvalue weighted by Crippen LogP contribution is 2.22. The summed E-state index contributed by atoms with van der Waals surface area (Å²) < 4.78 is 31.7. The zero-order valence-electron chi connectivity index (χ0n) is 63.0. The zero-order valence-corrected chi connectivity index (χ0v) is 63.9. The summed E-state index contributed by atoms with van der Waals surface area (Å²) in [7, 11) is 0. The largest absolute Gasteiger partial charge is 0.490 e. The maximum absolute atomic E-state index is 14.6. The average Bonchev–Trinajstić information content (AvgIpc) is 1.53. The molecule has 0 unspecified atom stereocenters. The summed E-state index contributed by atoms with van der Waals surface area (Å²) in [5.41, 5.74) is 40.2. The molecule has 3 rings (SSSR count). The van der Waals surface area contributed by atoms with Gasteiger partial charge >= 0.3 is 18.1 Å². The molecule has 0 saturated carbocycles. The summed E-state index contributed by atoms with van der Waals surface area (Å²) in [6, 6.07) is -1.15. The van der Waals surface area contributed by atoms with Gasteiger partial charge in [0.1, 0.15) is 66.5 Å². The number of carbonyl (C=O) groups excluding carboxylic acids is 14. The van der Waals surface area contributed by atoms with Gasteiger partial charge in [-0.25, -0.2) is 4.79 Å². The first-order chi connectivity index (χ1) is 52.5. The number of aliphatic carboxylic acids is 2. The number of hydrogen-bond donors (Lipinski definition) is 21. The lowest BCUT2D eigenvalue weighted by molar-refractivity contribution is -0.192. The van der Waals surface area contributed by atoms with Gasteiger partial charge in [-0.05, 0) is 107 Å². The monoisotopic (exact) mass is 1610 g/mol. The van der Waals surface area contributed by atoms with Gasteiger partial charge in [-0.3, -0.25) is 76.9 Å². The number of primary amides is 3. The molecule has 27 N–H and O–H groups in total. The van der Waals surface area contributed by atoms with Crippen molar-refractivity contribution in [2.45, 2.75) is 222 Å². The molecule has 0 aromatic heterocycles. The fraction of sp³-hybridized carbons (Fsp3) is 0.586. The molecule has 112 heavy (non-hydrogen) atoms. The van der Waals surface area contributed by atoms with Crippen molar-refractivity contribution in [3.05, 3.63) is 71.8 Å². The van der Waals surface area contributed by atoms with Crippen molar-refractivity contribution in [2.75, 3.05) is 25.4 Å². The Kier molecular flexibility index (Phi) is 43.0. The smallest absolute Gasteiger partial charge is 0.481 e. The molecule has 1 saturated heterocycles. The predicted molar refractivity (Wildman–Crippen MR) is 402 cm³/mol. The third-order valence-corrected chi connectivity index (χ3v) is 17.4. The average molecular weight is 1610 g/mol. The van der Waals surface area contributed by atoms with Crippen LogP contribution >= 0.6 is 12.6 Å². The molecule has 0 bridgehead atoms. The standard InChI is InChI=1S/C68H107N19O17S.C2HF3O2/c1-36(2)30-45(83-65(102)51-22-15-29-87(51)67(104)44(20-12-13-27-69)79-57(94)41(70)23-26-54(91)92)59(96)78-43(24-25-52(71)89)58(95)82-49(34-53(72)90)62(99)80-48(33-40-18-10-7-11-19-40)63(100)86-55(38(5)88)66(103)84-46(31-37(3)4)60(97)85-50(35-105)64(101)81-47(32-39-16-8-6-9-17-39)61(98)77-42(56(73)93)21-14-28-76-68(74)75;3-2(4,5)1(6)7/h6-11,16-19,36-38,41-51,55,88,105H,12-15,20-35,69-70H2,1-5H3,(H2,71,89)(H2,72,90)(H2,73,93)(H,77,98)(H,78,96)(H,79,94)(H,80,99)(H,81,101)(H,82,95)(H,83,102)(H,84,103)(H,85,97)(H,86,100)(H,91,92)(H4,74,75,76);(H,6,7)/t38-,41+,42+,43+,44+,45+,46+,47+,48+,49+,50+,51+,55+;/m1./s1. The van der Waals surface area contributed by atoms with Crippen LogP contribution in [-0.2, 0) is 89.6 Å². The first-order valence-electron chi connectivity index (χ1n) is 36.1. The van der Waals surface area contributed by atoms with Crippen LogP contribution in [0, 0.1) is 11.8 Å². The van der Waals surface area contributed by atoms with Gasteiger partial charge in [0.2, 0.25) is 82.7 Å². The lowest BCUT2D eigenvalue weighted by Gasteiger charge is -2.31. The summed E-state index contributed by atoms with van der Waals surface area (Å²) >= 11 is 4.30. The molecule has 0 aliphatic carbocycles. The van der Waals surface area contributed by atoms with Crippen molar-refractivity contribution in [3.63, 3.8) is 0 Å². The van der Waals surface area contributed by atoms with Crippen molar-refractivity contribution in [1.82, 2.24) is 58.1 Å². The van der Waals surface area contributed by atoms with Gasteiger partial charge in [0.05, 0.1) is 18.6 Å². The number of alkyl halides is 3. The molecule has 1 fully saturated rings. The van der Waals surface area contributed by atoms with Crippen LogP contribution in [0.1, 0.15) is 136 Å². The predicted octanol–water partition coefficient (Wildman–Crippen LogP) is -4.65. The summed E-state index contributed by atoms with van der Waals surface area (Å²) in [5.74, 6) is -18.5. The van der Waals surface area contributed by atoms with Crippen molar-refractivity contribution in [1.29, 1.82) is 0 Å². The number of aliphatic hydroxyl groups is 1. The number of aliphatic hydroxyl groups excluding tert-OH is 1. The molecular formula is C70H108F3N19O19S. The van der Waals surface area contributed by atoms with Crippen molar-refractivity contribution >= 4 is 113 Å². The first kappa shape index (κ1) is 97.3. The number of hydrogen-bond acceptors (Lipinski definition) is 21. The Morgan fingerprint density at radius 1 is 0.527 bits per heavy atom. The minimum atomic E-state index is -5.08. The van der Waals surface area contributed by atoms with E-state index in [4.69, 9.17) is 55.1 Å². The number of nitrogens with two attached hydrogens (primary N) is 7. The van der Waals surface area contributed by atoms with Crippen molar-refractivity contribution in [2.24, 2.45) is 57.0 Å². The third-order valence-electron chi connectivity index (χ3n) is 17.0. The molecular weight excluding hydrogens is 1500 g/mol. The van der Waals surface area contributed by atoms with E-state index in [2.05, 4.69) is 70.8 Å². The van der Waals surface area contributed by atoms with Crippen LogP contribution in [0.5, 0.6) is 0 Å². The van der Waals surface area contributed by atoms with Gasteiger partial charge in [-0.1, -0.05) is 88.4 Å². The molecule has 13 atom stereocenters. The lowest BCUT2D eigenvalue weighted by Crippen LogP contribution is -2.62. The molecule has 1 aliphatic heterocycles. The molecule has 0 radical (unpaired) electrons. The Morgan fingerprint density at radius 2 is 0.964 bits per heavy atom. The summed E-state index contributed by atoms with van der Waals surface area (Å²) in [6.07, 6.45) is -8.23. The molecule has 624 valence electrons. The van der Waals surface area contributed by atoms with E-state index >= 15 is 0 Å². The minimum Gasteiger partial charge on any atom is -0.481 e. The zero-order chi connectivity index (χ0) is 84.7. The van der Waals surface area contributed by atoms with Crippen molar-refractivity contribution < 1.29 is 105 Å². The second-order valence-electron chi connectivity index (χ2n) is 27.4. The molecule has 1 heterocycles. The second kappa shape index (κ2) is 49.5. The van der Waals surface area contributed by atoms with Crippen LogP contribution in [0.25, 0.3) is 0 Å². The lowest BCUT2D eigenvalue weighted by atomic mass is 10.0. The summed E-state index contributed by atoms with van der Waals surface area (Å²) in [4.78, 5) is 219. The quantitative estimate of drug-likeness (QED) is 0.0128. The summed E-state index contributed by atoms with van der Waals surface area (Å²) in [5, 5.41) is 52.7. The number of amides is 14. The molecule has 14 amide bonds. The molecule has 42 heteroatoms. The van der Waals surface area contributed by atoms with Crippen LogP contribution in [0.3, 0.4) is 0 Å². The number of unbranched alkanes of at least 4 members (excludes halogenated alkanes) is 1. The van der Waals surface area contributed by atoms with E-state index in [0.717, 1.165) is 6.92 Å². The Balaban J connectivity index is 0.00000578. The Bertz CT molecular complexity index is 3550. The normalized spacial score (nSPS) is 15.7.